The zero-order chi connectivity index (χ0) is 20.7. The number of azo groups is 1. The summed E-state index contributed by atoms with van der Waals surface area (Å²) in [5.41, 5.74) is -1.03. The first-order valence-corrected chi connectivity index (χ1v) is 10.2. The van der Waals surface area contributed by atoms with Crippen LogP contribution in [0.4, 0.5) is 11.4 Å². The summed E-state index contributed by atoms with van der Waals surface area (Å²) in [6.07, 6.45) is 0. The third kappa shape index (κ3) is 4.73. The maximum atomic E-state index is 12.2. The van der Waals surface area contributed by atoms with Crippen LogP contribution in [0.25, 0.3) is 10.8 Å². The smallest absolute Gasteiger partial charge is 0.871 e. The first-order valence-electron chi connectivity index (χ1n) is 7.37. The topological polar surface area (TPSA) is 182 Å². The van der Waals surface area contributed by atoms with Gasteiger partial charge in [-0.1, -0.05) is 47.9 Å². The molecule has 1 N–H and O–H groups in total. The molecule has 1 radical (unpaired) electrons. The van der Waals surface area contributed by atoms with Crippen molar-refractivity contribution >= 4 is 42.4 Å². The van der Waals surface area contributed by atoms with Crippen LogP contribution in [0.2, 0.25) is 0 Å². The van der Waals surface area contributed by atoms with Crippen molar-refractivity contribution in [3.63, 3.8) is 0 Å². The summed E-state index contributed by atoms with van der Waals surface area (Å²) in [5, 5.41) is 32.4. The average Bonchev–Trinajstić information content (AvgIpc) is 2.60. The minimum atomic E-state index is -5.18. The Bertz CT molecular complexity index is 1340. The summed E-state index contributed by atoms with van der Waals surface area (Å²) >= 11 is 0. The van der Waals surface area contributed by atoms with Gasteiger partial charge in [-0.25, -0.2) is 8.42 Å². The molecular weight excluding hydrogens is 464 g/mol. The predicted octanol–water partition coefficient (Wildman–Crippen LogP) is 1.55. The summed E-state index contributed by atoms with van der Waals surface area (Å²) in [4.78, 5) is -2.45. The van der Waals surface area contributed by atoms with Gasteiger partial charge in [0, 0.05) is 5.39 Å². The van der Waals surface area contributed by atoms with E-state index < -0.39 is 47.2 Å². The van der Waals surface area contributed by atoms with E-state index in [9.17, 15) is 31.6 Å². The van der Waals surface area contributed by atoms with E-state index in [-0.39, 0.29) is 29.1 Å². The second-order valence-corrected chi connectivity index (χ2v) is 8.30. The molecule has 0 heterocycles. The van der Waals surface area contributed by atoms with Crippen molar-refractivity contribution in [3.05, 3.63) is 48.5 Å². The third-order valence-electron chi connectivity index (χ3n) is 3.70. The number of rotatable bonds is 4. The Balaban J connectivity index is 0.00000300. The van der Waals surface area contributed by atoms with Crippen molar-refractivity contribution in [2.24, 2.45) is 10.2 Å². The van der Waals surface area contributed by atoms with Gasteiger partial charge in [0.15, 0.2) is 0 Å². The van der Waals surface area contributed by atoms with Crippen LogP contribution in [0.5, 0.6) is 11.5 Å². The minimum absolute atomic E-state index is 0. The molecule has 0 fully saturated rings. The van der Waals surface area contributed by atoms with E-state index in [0.717, 1.165) is 0 Å². The molecule has 0 aliphatic rings. The normalized spacial score (nSPS) is 12.2. The number of benzene rings is 3. The van der Waals surface area contributed by atoms with Crippen molar-refractivity contribution in [3.8, 4) is 11.5 Å². The number of hydrogen-bond acceptors (Lipinski definition) is 9. The SMILES string of the molecule is O=S(=O)([O-])c1cc(N=Nc2c([O-])ccc3ccccc23)c([O-])c(S(=O)(=O)O)c1.[Cr+3]. The fourth-order valence-electron chi connectivity index (χ4n) is 2.42. The molecule has 0 saturated heterocycles. The molecule has 0 unspecified atom stereocenters. The zero-order valence-corrected chi connectivity index (χ0v) is 17.0. The van der Waals surface area contributed by atoms with Crippen LogP contribution < -0.4 is 10.2 Å². The van der Waals surface area contributed by atoms with Crippen LogP contribution in [0.1, 0.15) is 0 Å². The summed E-state index contributed by atoms with van der Waals surface area (Å²) < 4.78 is 65.4. The van der Waals surface area contributed by atoms with Gasteiger partial charge in [0.05, 0.1) is 21.2 Å². The van der Waals surface area contributed by atoms with Crippen LogP contribution >= 0.6 is 0 Å². The predicted molar refractivity (Wildman–Crippen MR) is 91.2 cm³/mol. The van der Waals surface area contributed by atoms with Gasteiger partial charge in [0.25, 0.3) is 10.1 Å². The molecule has 0 spiro atoms. The molecule has 149 valence electrons. The van der Waals surface area contributed by atoms with E-state index >= 15 is 0 Å². The van der Waals surface area contributed by atoms with E-state index in [1.54, 1.807) is 24.3 Å². The standard InChI is InChI=1S/C16H12N2O8S2.Cr/c19-13-6-5-9-3-1-2-4-11(9)15(13)18-17-12-7-10(27(21,22)23)8-14(16(12)20)28(24,25)26;/h1-8,19-20H,(H,21,22,23)(H,24,25,26);/q;+3/p-3. The van der Waals surface area contributed by atoms with Crippen molar-refractivity contribution in [2.45, 2.75) is 9.79 Å². The van der Waals surface area contributed by atoms with E-state index in [4.69, 9.17) is 4.55 Å². The van der Waals surface area contributed by atoms with Crippen LogP contribution in [-0.2, 0) is 37.6 Å². The molecule has 3 aromatic carbocycles. The van der Waals surface area contributed by atoms with Gasteiger partial charge in [-0.3, -0.25) is 4.55 Å². The van der Waals surface area contributed by atoms with Crippen LogP contribution in [0, 0.1) is 0 Å². The van der Waals surface area contributed by atoms with E-state index in [0.29, 0.717) is 16.8 Å². The molecule has 29 heavy (non-hydrogen) atoms. The molecule has 0 amide bonds. The molecule has 0 bridgehead atoms. The summed E-state index contributed by atoms with van der Waals surface area (Å²) in [6.45, 7) is 0. The van der Waals surface area contributed by atoms with Gasteiger partial charge < -0.3 is 14.8 Å². The van der Waals surface area contributed by atoms with E-state index in [2.05, 4.69) is 10.2 Å². The zero-order valence-electron chi connectivity index (χ0n) is 14.0. The molecule has 3 rings (SSSR count). The Hall–Kier alpha value is -2.53. The van der Waals surface area contributed by atoms with E-state index in [1.807, 2.05) is 0 Å². The molecule has 0 saturated carbocycles. The molecule has 10 nitrogen and oxygen atoms in total. The number of hydrogen-bond donors (Lipinski definition) is 1. The second-order valence-electron chi connectivity index (χ2n) is 5.53. The Morgan fingerprint density at radius 3 is 2.17 bits per heavy atom. The molecule has 0 aromatic heterocycles. The van der Waals surface area contributed by atoms with Gasteiger partial charge in [-0.2, -0.15) is 18.6 Å². The van der Waals surface area contributed by atoms with Gasteiger partial charge in [-0.15, -0.1) is 0 Å². The molecular formula is C16H9CrN2O8S2. The summed E-state index contributed by atoms with van der Waals surface area (Å²) in [5.74, 6) is -1.94. The minimum Gasteiger partial charge on any atom is -0.871 e. The second kappa shape index (κ2) is 8.07. The Morgan fingerprint density at radius 2 is 1.55 bits per heavy atom. The maximum absolute atomic E-state index is 12.2. The first kappa shape index (κ1) is 22.8. The molecule has 0 atom stereocenters. The van der Waals surface area contributed by atoms with Crippen molar-refractivity contribution in [1.82, 2.24) is 0 Å². The van der Waals surface area contributed by atoms with Crippen molar-refractivity contribution in [1.29, 1.82) is 0 Å². The Labute approximate surface area is 175 Å². The molecule has 0 aliphatic carbocycles. The van der Waals surface area contributed by atoms with Gasteiger partial charge in [0.1, 0.15) is 10.1 Å². The Morgan fingerprint density at radius 1 is 0.897 bits per heavy atom. The third-order valence-corrected chi connectivity index (χ3v) is 5.37. The first-order chi connectivity index (χ1) is 13.0. The van der Waals surface area contributed by atoms with Crippen LogP contribution in [0.3, 0.4) is 0 Å². The molecule has 13 heteroatoms. The van der Waals surface area contributed by atoms with Gasteiger partial charge in [0.2, 0.25) is 0 Å². The summed E-state index contributed by atoms with van der Waals surface area (Å²) in [6, 6.07) is 10.1. The molecule has 0 aliphatic heterocycles. The monoisotopic (exact) mass is 473 g/mol. The van der Waals surface area contributed by atoms with Crippen LogP contribution in [0.15, 0.2) is 68.6 Å². The van der Waals surface area contributed by atoms with Gasteiger partial charge in [-0.05, 0) is 17.5 Å². The van der Waals surface area contributed by atoms with Gasteiger partial charge >= 0.3 is 17.4 Å². The fourth-order valence-corrected chi connectivity index (χ4v) is 3.62. The quantitative estimate of drug-likeness (QED) is 0.437. The number of fused-ring (bicyclic) bond motifs is 1. The average molecular weight is 473 g/mol. The maximum Gasteiger partial charge on any atom is 3.00 e. The largest absolute Gasteiger partial charge is 3.00 e. The summed E-state index contributed by atoms with van der Waals surface area (Å²) in [7, 11) is -10.3. The van der Waals surface area contributed by atoms with Crippen LogP contribution in [-0.4, -0.2) is 25.9 Å². The fraction of sp³-hybridized carbons (Fsp3) is 0. The Kier molecular flexibility index (Phi) is 6.33. The van der Waals surface area contributed by atoms with Crippen molar-refractivity contribution in [2.75, 3.05) is 0 Å². The van der Waals surface area contributed by atoms with Crippen molar-refractivity contribution < 1.29 is 53.5 Å². The molecule has 3 aromatic rings. The van der Waals surface area contributed by atoms with E-state index in [1.165, 1.54) is 12.1 Å². The number of nitrogens with zero attached hydrogens (tertiary/aromatic N) is 2.